The van der Waals surface area contributed by atoms with E-state index >= 15 is 0 Å². The molecule has 39 heavy (non-hydrogen) atoms. The molecule has 2 amide bonds. The standard InChI is InChI=1S/C31H40N2O5S/c1-5-19(2)22(18-34)33-27-29(36)32(26-20(3)12-10-13-21(26)4)16-11-15-31(27)25(28(33)35)24-23(39-31)14-8-6-7-9-17-38-30(24)37/h8,10-15,19,22-25,27,34H,5-7,9,16-18H2,1-4H3/b14-8-/t19-,22-,23-,24+,25-,27?,31-/m0/s1. The topological polar surface area (TPSA) is 87.2 Å². The molecule has 4 aliphatic rings. The van der Waals surface area contributed by atoms with Gasteiger partial charge in [0.1, 0.15) is 6.04 Å². The third kappa shape index (κ3) is 4.53. The fourth-order valence-electron chi connectivity index (χ4n) is 6.96. The molecule has 1 aromatic carbocycles. The SMILES string of the molecule is CC[C@H](C)[C@H](CO)N1C(=O)[C@@H]2[C@@H]3C(=O)OCCCC/C=C\[C@@H]3S[C@@]23C=CCN(c2c(C)cccc2C)C(=O)C13. The number of aliphatic hydroxyl groups excluding tert-OH is 1. The van der Waals surface area contributed by atoms with E-state index in [1.165, 1.54) is 0 Å². The quantitative estimate of drug-likeness (QED) is 0.435. The van der Waals surface area contributed by atoms with Gasteiger partial charge in [0.15, 0.2) is 0 Å². The number of aryl methyl sites for hydroxylation is 2. The van der Waals surface area contributed by atoms with Crippen molar-refractivity contribution < 1.29 is 24.2 Å². The molecule has 1 N–H and O–H groups in total. The summed E-state index contributed by atoms with van der Waals surface area (Å²) >= 11 is 1.55. The minimum Gasteiger partial charge on any atom is -0.465 e. The number of carbonyl (C=O) groups is 3. The molecule has 4 heterocycles. The maximum atomic E-state index is 14.8. The Hall–Kier alpha value is -2.58. The summed E-state index contributed by atoms with van der Waals surface area (Å²) in [5.74, 6) is -2.22. The number of aliphatic hydroxyl groups is 1. The number of para-hydroxylation sites is 1. The Bertz CT molecular complexity index is 1180. The lowest BCUT2D eigenvalue weighted by atomic mass is 9.78. The highest BCUT2D eigenvalue weighted by Gasteiger charge is 2.72. The number of rotatable bonds is 5. The van der Waals surface area contributed by atoms with E-state index in [1.54, 1.807) is 21.6 Å². The number of hydrogen-bond acceptors (Lipinski definition) is 6. The van der Waals surface area contributed by atoms with Crippen LogP contribution in [0.1, 0.15) is 50.7 Å². The van der Waals surface area contributed by atoms with Gasteiger partial charge in [-0.2, -0.15) is 0 Å². The second-order valence-electron chi connectivity index (χ2n) is 11.4. The zero-order valence-electron chi connectivity index (χ0n) is 23.3. The minimum atomic E-state index is -0.937. The van der Waals surface area contributed by atoms with Crippen LogP contribution in [0.4, 0.5) is 5.69 Å². The highest BCUT2D eigenvalue weighted by Crippen LogP contribution is 2.61. The summed E-state index contributed by atoms with van der Waals surface area (Å²) < 4.78 is 4.77. The number of amides is 2. The number of hydrogen-bond donors (Lipinski definition) is 1. The maximum Gasteiger partial charge on any atom is 0.311 e. The Labute approximate surface area is 235 Å². The molecule has 7 nitrogen and oxygen atoms in total. The van der Waals surface area contributed by atoms with E-state index in [9.17, 15) is 19.5 Å². The van der Waals surface area contributed by atoms with Gasteiger partial charge in [0, 0.05) is 17.5 Å². The van der Waals surface area contributed by atoms with Crippen molar-refractivity contribution in [1.82, 2.24) is 4.90 Å². The van der Waals surface area contributed by atoms with E-state index in [2.05, 4.69) is 6.08 Å². The first-order valence-corrected chi connectivity index (χ1v) is 15.1. The van der Waals surface area contributed by atoms with Gasteiger partial charge in [-0.3, -0.25) is 14.4 Å². The Morgan fingerprint density at radius 2 is 1.87 bits per heavy atom. The number of ether oxygens (including phenoxy) is 1. The molecule has 1 aromatic rings. The van der Waals surface area contributed by atoms with Crippen LogP contribution >= 0.6 is 11.8 Å². The van der Waals surface area contributed by atoms with Crippen molar-refractivity contribution >= 4 is 35.2 Å². The molecular formula is C31H40N2O5S. The summed E-state index contributed by atoms with van der Waals surface area (Å²) in [5.41, 5.74) is 2.83. The summed E-state index contributed by atoms with van der Waals surface area (Å²) in [6, 6.07) is 4.59. The molecule has 4 aliphatic heterocycles. The molecule has 2 fully saturated rings. The van der Waals surface area contributed by atoms with Gasteiger partial charge in [0.25, 0.3) is 5.91 Å². The molecule has 1 unspecified atom stereocenters. The first-order chi connectivity index (χ1) is 18.8. The lowest BCUT2D eigenvalue weighted by molar-refractivity contribution is -0.153. The van der Waals surface area contributed by atoms with Crippen LogP contribution in [-0.4, -0.2) is 69.6 Å². The third-order valence-corrected chi connectivity index (χ3v) is 10.8. The van der Waals surface area contributed by atoms with Crippen molar-refractivity contribution in [3.05, 3.63) is 53.6 Å². The minimum absolute atomic E-state index is 0.0276. The molecular weight excluding hydrogens is 512 g/mol. The van der Waals surface area contributed by atoms with Gasteiger partial charge >= 0.3 is 5.97 Å². The van der Waals surface area contributed by atoms with Gasteiger partial charge < -0.3 is 19.6 Å². The fraction of sp³-hybridized carbons (Fsp3) is 0.581. The van der Waals surface area contributed by atoms with E-state index < -0.39 is 28.7 Å². The lowest BCUT2D eigenvalue weighted by Gasteiger charge is -2.40. The summed E-state index contributed by atoms with van der Waals surface area (Å²) in [6.45, 7) is 8.48. The number of thioether (sulfide) groups is 1. The predicted octanol–water partition coefficient (Wildman–Crippen LogP) is 4.19. The number of allylic oxidation sites excluding steroid dienone is 1. The second-order valence-corrected chi connectivity index (χ2v) is 12.9. The molecule has 0 aromatic heterocycles. The average Bonchev–Trinajstić information content (AvgIpc) is 3.30. The highest BCUT2D eigenvalue weighted by atomic mass is 32.2. The number of esters is 1. The molecule has 0 bridgehead atoms. The maximum absolute atomic E-state index is 14.8. The van der Waals surface area contributed by atoms with Crippen molar-refractivity contribution in [3.63, 3.8) is 0 Å². The van der Waals surface area contributed by atoms with Crippen molar-refractivity contribution in [2.24, 2.45) is 17.8 Å². The first kappa shape index (κ1) is 28.0. The van der Waals surface area contributed by atoms with Crippen LogP contribution in [0.5, 0.6) is 0 Å². The lowest BCUT2D eigenvalue weighted by Crippen LogP contribution is -2.58. The van der Waals surface area contributed by atoms with Crippen molar-refractivity contribution in [1.29, 1.82) is 0 Å². The van der Waals surface area contributed by atoms with Crippen molar-refractivity contribution in [2.75, 3.05) is 24.7 Å². The average molecular weight is 553 g/mol. The summed E-state index contributed by atoms with van der Waals surface area (Å²) in [4.78, 5) is 46.3. The van der Waals surface area contributed by atoms with E-state index in [0.717, 1.165) is 42.5 Å². The summed E-state index contributed by atoms with van der Waals surface area (Å²) in [5, 5.41) is 10.3. The molecule has 210 valence electrons. The van der Waals surface area contributed by atoms with Gasteiger partial charge in [0.2, 0.25) is 5.91 Å². The van der Waals surface area contributed by atoms with Crippen LogP contribution in [0.3, 0.4) is 0 Å². The van der Waals surface area contributed by atoms with Crippen LogP contribution in [0.2, 0.25) is 0 Å². The molecule has 1 spiro atoms. The van der Waals surface area contributed by atoms with Crippen LogP contribution in [-0.2, 0) is 19.1 Å². The Balaban J connectivity index is 1.68. The largest absolute Gasteiger partial charge is 0.465 e. The number of benzene rings is 1. The summed E-state index contributed by atoms with van der Waals surface area (Å²) in [7, 11) is 0. The van der Waals surface area contributed by atoms with Gasteiger partial charge in [-0.05, 0) is 50.2 Å². The van der Waals surface area contributed by atoms with Gasteiger partial charge in [-0.25, -0.2) is 0 Å². The zero-order valence-corrected chi connectivity index (χ0v) is 24.2. The van der Waals surface area contributed by atoms with Crippen LogP contribution < -0.4 is 4.90 Å². The predicted molar refractivity (Wildman–Crippen MR) is 153 cm³/mol. The van der Waals surface area contributed by atoms with Crippen LogP contribution in [0.15, 0.2) is 42.5 Å². The first-order valence-electron chi connectivity index (χ1n) is 14.3. The van der Waals surface area contributed by atoms with Crippen LogP contribution in [0, 0.1) is 31.6 Å². The summed E-state index contributed by atoms with van der Waals surface area (Å²) in [6.07, 6.45) is 11.5. The molecule has 5 rings (SSSR count). The Morgan fingerprint density at radius 1 is 1.13 bits per heavy atom. The number of likely N-dealkylation sites (tertiary alicyclic amines) is 1. The smallest absolute Gasteiger partial charge is 0.311 e. The number of fused-ring (bicyclic) bond motifs is 2. The Kier molecular flexibility index (Phi) is 7.98. The second kappa shape index (κ2) is 11.1. The van der Waals surface area contributed by atoms with Gasteiger partial charge in [-0.15, -0.1) is 11.8 Å². The number of cyclic esters (lactones) is 1. The number of carbonyl (C=O) groups excluding carboxylic acids is 3. The third-order valence-electron chi connectivity index (χ3n) is 9.09. The Morgan fingerprint density at radius 3 is 2.56 bits per heavy atom. The molecule has 7 atom stereocenters. The molecule has 8 heteroatoms. The zero-order chi connectivity index (χ0) is 27.9. The van der Waals surface area contributed by atoms with Crippen LogP contribution in [0.25, 0.3) is 0 Å². The van der Waals surface area contributed by atoms with Crippen molar-refractivity contribution in [3.8, 4) is 0 Å². The normalized spacial score (nSPS) is 33.1. The van der Waals surface area contributed by atoms with E-state index in [-0.39, 0.29) is 35.6 Å². The van der Waals surface area contributed by atoms with E-state index in [4.69, 9.17) is 4.74 Å². The molecule has 2 saturated heterocycles. The van der Waals surface area contributed by atoms with Crippen molar-refractivity contribution in [2.45, 2.75) is 75.5 Å². The van der Waals surface area contributed by atoms with E-state index in [1.807, 2.05) is 64.1 Å². The fourth-order valence-corrected chi connectivity index (χ4v) is 8.95. The monoisotopic (exact) mass is 552 g/mol. The van der Waals surface area contributed by atoms with E-state index in [0.29, 0.717) is 13.2 Å². The molecule has 0 aliphatic carbocycles. The van der Waals surface area contributed by atoms with Gasteiger partial charge in [-0.1, -0.05) is 62.8 Å². The molecule has 0 radical (unpaired) electrons. The number of anilines is 1. The highest BCUT2D eigenvalue weighted by molar-refractivity contribution is 8.02. The number of nitrogens with zero attached hydrogens (tertiary/aromatic N) is 2. The molecule has 0 saturated carbocycles. The van der Waals surface area contributed by atoms with Gasteiger partial charge in [0.05, 0.1) is 35.8 Å².